The van der Waals surface area contributed by atoms with E-state index in [0.29, 0.717) is 6.04 Å². The first-order valence-corrected chi connectivity index (χ1v) is 17.9. The molecule has 5 aromatic rings. The van der Waals surface area contributed by atoms with E-state index in [-0.39, 0.29) is 37.2 Å². The van der Waals surface area contributed by atoms with E-state index < -0.39 is 0 Å². The monoisotopic (exact) mass is 742 g/mol. The van der Waals surface area contributed by atoms with E-state index >= 15 is 0 Å². The van der Waals surface area contributed by atoms with Crippen LogP contribution in [-0.2, 0) is 25.9 Å². The molecule has 1 aliphatic heterocycles. The molecule has 0 amide bonds. The van der Waals surface area contributed by atoms with Gasteiger partial charge in [-0.3, -0.25) is 14.9 Å². The highest BCUT2D eigenvalue weighted by molar-refractivity contribution is 5.86. The van der Waals surface area contributed by atoms with Crippen LogP contribution < -0.4 is 4.90 Å². The Kier molecular flexibility index (Phi) is 13.8. The van der Waals surface area contributed by atoms with Crippen LogP contribution in [0.25, 0.3) is 22.5 Å². The Morgan fingerprint density at radius 3 is 1.84 bits per heavy atom. The maximum Gasteiger partial charge on any atom is 0.0705 e. The zero-order chi connectivity index (χ0) is 33.4. The van der Waals surface area contributed by atoms with Crippen molar-refractivity contribution in [3.63, 3.8) is 0 Å². The molecule has 51 heavy (non-hydrogen) atoms. The van der Waals surface area contributed by atoms with Crippen LogP contribution in [0.5, 0.6) is 0 Å². The largest absolute Gasteiger partial charge is 0.364 e. The van der Waals surface area contributed by atoms with Gasteiger partial charge >= 0.3 is 0 Å². The van der Waals surface area contributed by atoms with E-state index in [1.54, 1.807) is 5.56 Å². The topological polar surface area (TPSA) is 32.3 Å². The van der Waals surface area contributed by atoms with Crippen molar-refractivity contribution in [2.45, 2.75) is 92.8 Å². The molecule has 0 radical (unpaired) electrons. The summed E-state index contributed by atoms with van der Waals surface area (Å²) >= 11 is 0. The van der Waals surface area contributed by atoms with Crippen molar-refractivity contribution in [1.82, 2.24) is 14.9 Å². The molecule has 2 aromatic heterocycles. The van der Waals surface area contributed by atoms with Gasteiger partial charge in [-0.1, -0.05) is 12.1 Å². The minimum atomic E-state index is 0. The second kappa shape index (κ2) is 17.4. The van der Waals surface area contributed by atoms with Crippen molar-refractivity contribution in [2.24, 2.45) is 0 Å². The number of nitrogens with zero attached hydrogens (tertiary/aromatic N) is 4. The fourth-order valence-electron chi connectivity index (χ4n) is 7.80. The molecule has 2 aliphatic rings. The minimum absolute atomic E-state index is 0. The number of fused-ring (bicyclic) bond motifs is 1. The van der Waals surface area contributed by atoms with Crippen molar-refractivity contribution in [3.8, 4) is 22.5 Å². The summed E-state index contributed by atoms with van der Waals surface area (Å²) in [4.78, 5) is 15.0. The number of hydrogen-bond donors (Lipinski definition) is 0. The van der Waals surface area contributed by atoms with Crippen LogP contribution in [0, 0.1) is 41.5 Å². The Labute approximate surface area is 324 Å². The summed E-state index contributed by atoms with van der Waals surface area (Å²) in [7, 11) is 0. The summed E-state index contributed by atoms with van der Waals surface area (Å²) in [6.45, 7) is 17.2. The first-order valence-electron chi connectivity index (χ1n) is 17.9. The molecular formula is C44H53Cl3N4. The SMILES string of the molecule is Cc1cc(-c2ccc(CN(c3ccc4c(c3)CCC4)C3CCN(Cc4ccnc(-c5cc(C)c(C)c(C)c5)c4)CC3)cn2)cc(C)c1C.Cl.Cl.Cl. The highest BCUT2D eigenvalue weighted by Gasteiger charge is 2.26. The first-order chi connectivity index (χ1) is 23.2. The second-order valence-electron chi connectivity index (χ2n) is 14.5. The Morgan fingerprint density at radius 1 is 0.627 bits per heavy atom. The van der Waals surface area contributed by atoms with Crippen molar-refractivity contribution in [1.29, 1.82) is 0 Å². The molecule has 1 aliphatic carbocycles. The number of aryl methyl sites for hydroxylation is 6. The van der Waals surface area contributed by atoms with Crippen LogP contribution in [0.2, 0.25) is 0 Å². The third kappa shape index (κ3) is 8.98. The lowest BCUT2D eigenvalue weighted by Gasteiger charge is -2.40. The van der Waals surface area contributed by atoms with Crippen molar-refractivity contribution >= 4 is 42.9 Å². The lowest BCUT2D eigenvalue weighted by atomic mass is 9.97. The van der Waals surface area contributed by atoms with Crippen LogP contribution >= 0.6 is 37.2 Å². The van der Waals surface area contributed by atoms with E-state index in [4.69, 9.17) is 9.97 Å². The molecule has 4 nitrogen and oxygen atoms in total. The first kappa shape index (κ1) is 40.4. The maximum absolute atomic E-state index is 4.97. The van der Waals surface area contributed by atoms with Gasteiger partial charge in [-0.2, -0.15) is 0 Å². The molecule has 0 N–H and O–H groups in total. The molecule has 0 atom stereocenters. The van der Waals surface area contributed by atoms with Crippen LogP contribution in [0.1, 0.15) is 74.9 Å². The van der Waals surface area contributed by atoms with Crippen molar-refractivity contribution < 1.29 is 0 Å². The number of rotatable bonds is 8. The standard InChI is InChI=1S/C44H50N4.3ClH/c1-29-20-39(21-30(2)33(29)5)43-13-10-36(26-46-43)28-48(42-12-11-37-8-7-9-38(37)25-42)41-15-18-47(19-16-41)27-35-14-17-45-44(24-35)40-22-31(3)34(6)32(4)23-40;;;/h10-14,17,20-26,41H,7-9,15-16,18-19,27-28H2,1-6H3;3*1H. The van der Waals surface area contributed by atoms with Crippen LogP contribution in [0.4, 0.5) is 5.69 Å². The van der Waals surface area contributed by atoms with Crippen LogP contribution in [-0.4, -0.2) is 34.0 Å². The molecule has 1 saturated heterocycles. The number of anilines is 1. The second-order valence-corrected chi connectivity index (χ2v) is 14.5. The minimum Gasteiger partial charge on any atom is -0.364 e. The van der Waals surface area contributed by atoms with E-state index in [9.17, 15) is 0 Å². The number of benzene rings is 3. The maximum atomic E-state index is 4.97. The zero-order valence-corrected chi connectivity index (χ0v) is 33.4. The average Bonchev–Trinajstić information content (AvgIpc) is 3.57. The van der Waals surface area contributed by atoms with Gasteiger partial charge in [0.1, 0.15) is 0 Å². The van der Waals surface area contributed by atoms with Gasteiger partial charge in [0.15, 0.2) is 0 Å². The molecule has 7 heteroatoms. The molecule has 3 heterocycles. The van der Waals surface area contributed by atoms with Gasteiger partial charge in [0, 0.05) is 61.4 Å². The van der Waals surface area contributed by atoms with Gasteiger partial charge in [-0.25, -0.2) is 0 Å². The van der Waals surface area contributed by atoms with Gasteiger partial charge in [-0.15, -0.1) is 37.2 Å². The summed E-state index contributed by atoms with van der Waals surface area (Å²) in [6.07, 6.45) is 10.1. The Hall–Kier alpha value is -3.41. The number of aromatic nitrogens is 2. The number of hydrogen-bond acceptors (Lipinski definition) is 4. The predicted molar refractivity (Wildman–Crippen MR) is 222 cm³/mol. The number of pyridine rings is 2. The van der Waals surface area contributed by atoms with Gasteiger partial charge in [-0.05, 0) is 184 Å². The quantitative estimate of drug-likeness (QED) is 0.158. The fraction of sp³-hybridized carbons (Fsp3) is 0.364. The van der Waals surface area contributed by atoms with E-state index in [0.717, 1.165) is 50.4 Å². The van der Waals surface area contributed by atoms with Gasteiger partial charge in [0.2, 0.25) is 0 Å². The van der Waals surface area contributed by atoms with E-state index in [1.165, 1.54) is 86.1 Å². The molecule has 270 valence electrons. The van der Waals surface area contributed by atoms with Crippen molar-refractivity contribution in [2.75, 3.05) is 18.0 Å². The van der Waals surface area contributed by atoms with Gasteiger partial charge in [0.05, 0.1) is 11.4 Å². The lowest BCUT2D eigenvalue weighted by molar-refractivity contribution is 0.201. The Balaban J connectivity index is 0.00000194. The Morgan fingerprint density at radius 2 is 1.24 bits per heavy atom. The van der Waals surface area contributed by atoms with Crippen molar-refractivity contribution in [3.05, 3.63) is 135 Å². The Bertz CT molecular complexity index is 1900. The molecule has 1 fully saturated rings. The number of piperidine rings is 1. The van der Waals surface area contributed by atoms with Crippen LogP contribution in [0.3, 0.4) is 0 Å². The summed E-state index contributed by atoms with van der Waals surface area (Å²) in [6, 6.07) is 25.8. The predicted octanol–water partition coefficient (Wildman–Crippen LogP) is 11.1. The molecule has 7 rings (SSSR count). The van der Waals surface area contributed by atoms with Gasteiger partial charge < -0.3 is 4.90 Å². The molecular weight excluding hydrogens is 691 g/mol. The molecule has 3 aromatic carbocycles. The number of likely N-dealkylation sites (tertiary alicyclic amines) is 1. The van der Waals surface area contributed by atoms with Crippen LogP contribution in [0.15, 0.2) is 79.1 Å². The molecule has 0 saturated carbocycles. The highest BCUT2D eigenvalue weighted by Crippen LogP contribution is 2.32. The summed E-state index contributed by atoms with van der Waals surface area (Å²) in [5.41, 5.74) is 19.6. The third-order valence-corrected chi connectivity index (χ3v) is 11.3. The highest BCUT2D eigenvalue weighted by atomic mass is 35.5. The normalized spacial score (nSPS) is 14.2. The smallest absolute Gasteiger partial charge is 0.0705 e. The molecule has 0 bridgehead atoms. The van der Waals surface area contributed by atoms with Gasteiger partial charge in [0.25, 0.3) is 0 Å². The molecule has 0 spiro atoms. The van der Waals surface area contributed by atoms with E-state index in [2.05, 4.69) is 124 Å². The fourth-order valence-corrected chi connectivity index (χ4v) is 7.80. The zero-order valence-electron chi connectivity index (χ0n) is 31.0. The number of halogens is 3. The summed E-state index contributed by atoms with van der Waals surface area (Å²) < 4.78 is 0. The average molecular weight is 744 g/mol. The lowest BCUT2D eigenvalue weighted by Crippen LogP contribution is -2.44. The molecule has 0 unspecified atom stereocenters. The summed E-state index contributed by atoms with van der Waals surface area (Å²) in [5.74, 6) is 0. The summed E-state index contributed by atoms with van der Waals surface area (Å²) in [5, 5.41) is 0. The van der Waals surface area contributed by atoms with E-state index in [1.807, 2.05) is 6.20 Å². The third-order valence-electron chi connectivity index (χ3n) is 11.3.